The zero-order valence-corrected chi connectivity index (χ0v) is 16.3. The van der Waals surface area contributed by atoms with E-state index in [-0.39, 0.29) is 5.91 Å². The fourth-order valence-electron chi connectivity index (χ4n) is 3.76. The number of amides is 1. The molecule has 1 saturated heterocycles. The highest BCUT2D eigenvalue weighted by Crippen LogP contribution is 2.22. The lowest BCUT2D eigenvalue weighted by Crippen LogP contribution is -2.25. The summed E-state index contributed by atoms with van der Waals surface area (Å²) in [5.74, 6) is 0.00807. The van der Waals surface area contributed by atoms with Crippen LogP contribution in [-0.4, -0.2) is 35.8 Å². The lowest BCUT2D eigenvalue weighted by molar-refractivity contribution is 0.0785. The highest BCUT2D eigenvalue weighted by molar-refractivity contribution is 5.94. The van der Waals surface area contributed by atoms with Crippen LogP contribution in [0.15, 0.2) is 71.5 Å². The number of hydrogen-bond acceptors (Lipinski definition) is 3. The third-order valence-corrected chi connectivity index (χ3v) is 5.37. The first-order valence-corrected chi connectivity index (χ1v) is 9.87. The second-order valence-electron chi connectivity index (χ2n) is 7.55. The fourth-order valence-corrected chi connectivity index (χ4v) is 3.76. The standard InChI is InChI=1S/C24H26N2O2/c1-25(16-20-12-15-28-18-20)24(27)23-10-8-22(9-11-23)21-6-4-19(5-7-21)17-26-13-2-3-14-26/h4-12,15,18H,2-3,13-14,16-17H2,1H3. The summed E-state index contributed by atoms with van der Waals surface area (Å²) < 4.78 is 5.07. The molecule has 1 fully saturated rings. The molecule has 1 aliphatic rings. The summed E-state index contributed by atoms with van der Waals surface area (Å²) in [6.07, 6.45) is 5.93. The first-order valence-electron chi connectivity index (χ1n) is 9.87. The quantitative estimate of drug-likeness (QED) is 0.621. The van der Waals surface area contributed by atoms with E-state index in [4.69, 9.17) is 4.42 Å². The molecule has 0 saturated carbocycles. The van der Waals surface area contributed by atoms with Crippen LogP contribution in [-0.2, 0) is 13.1 Å². The van der Waals surface area contributed by atoms with E-state index in [1.54, 1.807) is 17.4 Å². The first-order chi connectivity index (χ1) is 13.7. The molecule has 28 heavy (non-hydrogen) atoms. The van der Waals surface area contributed by atoms with Crippen LogP contribution in [0.25, 0.3) is 11.1 Å². The molecule has 0 bridgehead atoms. The Kier molecular flexibility index (Phi) is 5.58. The van der Waals surface area contributed by atoms with Gasteiger partial charge in [0.25, 0.3) is 5.91 Å². The normalized spacial score (nSPS) is 14.3. The van der Waals surface area contributed by atoms with Crippen molar-refractivity contribution in [1.82, 2.24) is 9.80 Å². The Bertz CT molecular complexity index is 893. The number of rotatable bonds is 6. The maximum absolute atomic E-state index is 12.6. The molecule has 1 aromatic heterocycles. The van der Waals surface area contributed by atoms with E-state index in [1.807, 2.05) is 37.4 Å². The Balaban J connectivity index is 1.40. The molecule has 0 unspecified atom stereocenters. The van der Waals surface area contributed by atoms with Crippen molar-refractivity contribution in [2.45, 2.75) is 25.9 Å². The number of hydrogen-bond donors (Lipinski definition) is 0. The lowest BCUT2D eigenvalue weighted by Gasteiger charge is -2.16. The van der Waals surface area contributed by atoms with Gasteiger partial charge in [-0.05, 0) is 60.8 Å². The van der Waals surface area contributed by atoms with E-state index in [2.05, 4.69) is 29.2 Å². The zero-order chi connectivity index (χ0) is 19.3. The molecule has 4 heteroatoms. The SMILES string of the molecule is CN(Cc1ccoc1)C(=O)c1ccc(-c2ccc(CN3CCCC3)cc2)cc1. The molecule has 0 radical (unpaired) electrons. The van der Waals surface area contributed by atoms with Crippen molar-refractivity contribution in [2.75, 3.05) is 20.1 Å². The van der Waals surface area contributed by atoms with Crippen LogP contribution in [0.1, 0.15) is 34.3 Å². The van der Waals surface area contributed by atoms with Crippen molar-refractivity contribution in [3.63, 3.8) is 0 Å². The van der Waals surface area contributed by atoms with Crippen LogP contribution in [0.4, 0.5) is 0 Å². The third-order valence-electron chi connectivity index (χ3n) is 5.37. The number of carbonyl (C=O) groups is 1. The van der Waals surface area contributed by atoms with Crippen molar-refractivity contribution < 1.29 is 9.21 Å². The van der Waals surface area contributed by atoms with Gasteiger partial charge in [-0.3, -0.25) is 9.69 Å². The van der Waals surface area contributed by atoms with Crippen LogP contribution in [0.3, 0.4) is 0 Å². The molecule has 1 amide bonds. The molecule has 144 valence electrons. The molecule has 4 nitrogen and oxygen atoms in total. The fraction of sp³-hybridized carbons (Fsp3) is 0.292. The Morgan fingerprint density at radius 1 is 0.929 bits per heavy atom. The maximum atomic E-state index is 12.6. The summed E-state index contributed by atoms with van der Waals surface area (Å²) in [4.78, 5) is 16.8. The maximum Gasteiger partial charge on any atom is 0.253 e. The summed E-state index contributed by atoms with van der Waals surface area (Å²) in [6, 6.07) is 18.5. The minimum absolute atomic E-state index is 0.00807. The molecule has 1 aliphatic heterocycles. The number of furan rings is 1. The second-order valence-corrected chi connectivity index (χ2v) is 7.55. The van der Waals surface area contributed by atoms with Crippen LogP contribution < -0.4 is 0 Å². The zero-order valence-electron chi connectivity index (χ0n) is 16.3. The van der Waals surface area contributed by atoms with Crippen molar-refractivity contribution >= 4 is 5.91 Å². The van der Waals surface area contributed by atoms with Crippen molar-refractivity contribution in [3.8, 4) is 11.1 Å². The molecule has 0 spiro atoms. The van der Waals surface area contributed by atoms with Gasteiger partial charge in [-0.15, -0.1) is 0 Å². The average Bonchev–Trinajstić information content (AvgIpc) is 3.42. The predicted octanol–water partition coefficient (Wildman–Crippen LogP) is 4.81. The highest BCUT2D eigenvalue weighted by Gasteiger charge is 2.13. The average molecular weight is 374 g/mol. The third kappa shape index (κ3) is 4.34. The number of nitrogens with zero attached hydrogens (tertiary/aromatic N) is 2. The van der Waals surface area contributed by atoms with Crippen molar-refractivity contribution in [3.05, 3.63) is 83.8 Å². The number of carbonyl (C=O) groups excluding carboxylic acids is 1. The van der Waals surface area contributed by atoms with Crippen LogP contribution in [0.5, 0.6) is 0 Å². The van der Waals surface area contributed by atoms with Gasteiger partial charge in [-0.1, -0.05) is 36.4 Å². The number of likely N-dealkylation sites (tertiary alicyclic amines) is 1. The summed E-state index contributed by atoms with van der Waals surface area (Å²) in [5.41, 5.74) is 5.35. The van der Waals surface area contributed by atoms with Gasteiger partial charge < -0.3 is 9.32 Å². The van der Waals surface area contributed by atoms with Crippen LogP contribution >= 0.6 is 0 Å². The molecule has 4 rings (SSSR count). The van der Waals surface area contributed by atoms with E-state index in [0.717, 1.165) is 17.7 Å². The van der Waals surface area contributed by atoms with Gasteiger partial charge in [0.05, 0.1) is 12.5 Å². The second kappa shape index (κ2) is 8.44. The van der Waals surface area contributed by atoms with Gasteiger partial charge in [0.15, 0.2) is 0 Å². The Morgan fingerprint density at radius 3 is 2.18 bits per heavy atom. The van der Waals surface area contributed by atoms with Gasteiger partial charge >= 0.3 is 0 Å². The van der Waals surface area contributed by atoms with Gasteiger partial charge in [0, 0.05) is 31.3 Å². The first kappa shape index (κ1) is 18.5. The van der Waals surface area contributed by atoms with E-state index >= 15 is 0 Å². The van der Waals surface area contributed by atoms with Crippen LogP contribution in [0, 0.1) is 0 Å². The Morgan fingerprint density at radius 2 is 1.57 bits per heavy atom. The number of benzene rings is 2. The topological polar surface area (TPSA) is 36.7 Å². The monoisotopic (exact) mass is 374 g/mol. The molecular weight excluding hydrogens is 348 g/mol. The summed E-state index contributed by atoms with van der Waals surface area (Å²) in [6.45, 7) is 4.00. The summed E-state index contributed by atoms with van der Waals surface area (Å²) >= 11 is 0. The van der Waals surface area contributed by atoms with Gasteiger partial charge in [-0.2, -0.15) is 0 Å². The molecule has 0 N–H and O–H groups in total. The van der Waals surface area contributed by atoms with E-state index in [1.165, 1.54) is 37.1 Å². The van der Waals surface area contributed by atoms with E-state index in [0.29, 0.717) is 12.1 Å². The van der Waals surface area contributed by atoms with Crippen LogP contribution in [0.2, 0.25) is 0 Å². The molecule has 0 atom stereocenters. The summed E-state index contributed by atoms with van der Waals surface area (Å²) in [5, 5.41) is 0. The van der Waals surface area contributed by atoms with E-state index < -0.39 is 0 Å². The Labute approximate surface area is 166 Å². The summed E-state index contributed by atoms with van der Waals surface area (Å²) in [7, 11) is 1.81. The molecule has 2 heterocycles. The smallest absolute Gasteiger partial charge is 0.253 e. The van der Waals surface area contributed by atoms with Gasteiger partial charge in [-0.25, -0.2) is 0 Å². The largest absolute Gasteiger partial charge is 0.472 e. The Hall–Kier alpha value is -2.85. The predicted molar refractivity (Wildman–Crippen MR) is 111 cm³/mol. The molecule has 2 aromatic carbocycles. The lowest BCUT2D eigenvalue weighted by atomic mass is 10.0. The minimum Gasteiger partial charge on any atom is -0.472 e. The minimum atomic E-state index is 0.00807. The van der Waals surface area contributed by atoms with E-state index in [9.17, 15) is 4.79 Å². The molecule has 0 aliphatic carbocycles. The highest BCUT2D eigenvalue weighted by atomic mass is 16.3. The molecular formula is C24H26N2O2. The van der Waals surface area contributed by atoms with Crippen molar-refractivity contribution in [2.24, 2.45) is 0 Å². The van der Waals surface area contributed by atoms with Crippen molar-refractivity contribution in [1.29, 1.82) is 0 Å². The van der Waals surface area contributed by atoms with Gasteiger partial charge in [0.1, 0.15) is 0 Å². The molecule has 3 aromatic rings. The van der Waals surface area contributed by atoms with Gasteiger partial charge in [0.2, 0.25) is 0 Å².